The molecular formula is C9H11Cl2N3. The number of aromatic nitrogens is 3. The summed E-state index contributed by atoms with van der Waals surface area (Å²) in [5, 5.41) is 0. The van der Waals surface area contributed by atoms with E-state index >= 15 is 0 Å². The highest BCUT2D eigenvalue weighted by Gasteiger charge is 2.03. The van der Waals surface area contributed by atoms with Gasteiger partial charge in [0, 0.05) is 17.6 Å². The third kappa shape index (κ3) is 1.83. The minimum absolute atomic E-state index is 0. The Balaban J connectivity index is 0.000000980. The molecule has 0 aliphatic rings. The Labute approximate surface area is 93.5 Å². The first-order valence-corrected chi connectivity index (χ1v) is 4.62. The van der Waals surface area contributed by atoms with Crippen LogP contribution in [0.3, 0.4) is 0 Å². The molecule has 14 heavy (non-hydrogen) atoms. The first kappa shape index (κ1) is 11.3. The Morgan fingerprint density at radius 2 is 2.07 bits per heavy atom. The van der Waals surface area contributed by atoms with Gasteiger partial charge in [-0.2, -0.15) is 0 Å². The maximum absolute atomic E-state index is 5.69. The molecule has 2 heterocycles. The molecule has 0 aliphatic heterocycles. The quantitative estimate of drug-likeness (QED) is 0.707. The Kier molecular flexibility index (Phi) is 3.34. The number of alkyl halides is 1. The van der Waals surface area contributed by atoms with E-state index in [0.717, 1.165) is 22.9 Å². The predicted octanol–water partition coefficient (Wildman–Crippen LogP) is 2.51. The smallest absolute Gasteiger partial charge is 0.234 e. The molecule has 0 saturated heterocycles. The fraction of sp³-hybridized carbons (Fsp3) is 0.333. The van der Waals surface area contributed by atoms with Gasteiger partial charge in [-0.15, -0.1) is 24.0 Å². The molecule has 0 bridgehead atoms. The standard InChI is InChI=1S/C9H10ClN3.ClH/c1-6-3-7(2)13-5-8(4-10)12-9(13)11-6;/h3,5H,4H2,1-2H3;1H. The summed E-state index contributed by atoms with van der Waals surface area (Å²) in [5.74, 6) is 1.16. The number of nitrogens with zero attached hydrogens (tertiary/aromatic N) is 3. The van der Waals surface area contributed by atoms with Crippen molar-refractivity contribution in [1.29, 1.82) is 0 Å². The summed E-state index contributed by atoms with van der Waals surface area (Å²) in [6.45, 7) is 3.99. The van der Waals surface area contributed by atoms with E-state index < -0.39 is 0 Å². The van der Waals surface area contributed by atoms with E-state index in [9.17, 15) is 0 Å². The van der Waals surface area contributed by atoms with Gasteiger partial charge in [0.2, 0.25) is 5.78 Å². The number of halogens is 2. The third-order valence-electron chi connectivity index (χ3n) is 1.95. The van der Waals surface area contributed by atoms with Crippen LogP contribution in [0.4, 0.5) is 0 Å². The number of hydrogen-bond acceptors (Lipinski definition) is 2. The molecule has 0 unspecified atom stereocenters. The maximum Gasteiger partial charge on any atom is 0.234 e. The second-order valence-electron chi connectivity index (χ2n) is 3.07. The third-order valence-corrected chi connectivity index (χ3v) is 2.22. The highest BCUT2D eigenvalue weighted by molar-refractivity contribution is 6.16. The van der Waals surface area contributed by atoms with Crippen LogP contribution in [0, 0.1) is 13.8 Å². The molecule has 0 amide bonds. The molecule has 0 spiro atoms. The van der Waals surface area contributed by atoms with E-state index in [0.29, 0.717) is 5.88 Å². The minimum atomic E-state index is 0. The van der Waals surface area contributed by atoms with Crippen LogP contribution in [0.25, 0.3) is 5.78 Å². The lowest BCUT2D eigenvalue weighted by Crippen LogP contribution is -1.94. The van der Waals surface area contributed by atoms with Crippen molar-refractivity contribution in [3.63, 3.8) is 0 Å². The van der Waals surface area contributed by atoms with Gasteiger partial charge in [0.25, 0.3) is 0 Å². The van der Waals surface area contributed by atoms with Crippen molar-refractivity contribution in [2.45, 2.75) is 19.7 Å². The lowest BCUT2D eigenvalue weighted by atomic mass is 10.3. The highest BCUT2D eigenvalue weighted by atomic mass is 35.5. The van der Waals surface area contributed by atoms with Crippen molar-refractivity contribution >= 4 is 29.8 Å². The van der Waals surface area contributed by atoms with Gasteiger partial charge in [-0.1, -0.05) is 0 Å². The van der Waals surface area contributed by atoms with Crippen LogP contribution in [-0.4, -0.2) is 14.4 Å². The molecule has 0 radical (unpaired) electrons. The molecule has 0 fully saturated rings. The number of rotatable bonds is 1. The van der Waals surface area contributed by atoms with Crippen molar-refractivity contribution in [2.75, 3.05) is 0 Å². The lowest BCUT2D eigenvalue weighted by Gasteiger charge is -1.98. The van der Waals surface area contributed by atoms with Crippen molar-refractivity contribution in [2.24, 2.45) is 0 Å². The summed E-state index contributed by atoms with van der Waals surface area (Å²) < 4.78 is 1.95. The van der Waals surface area contributed by atoms with Crippen LogP contribution in [0.5, 0.6) is 0 Å². The molecule has 3 nitrogen and oxygen atoms in total. The van der Waals surface area contributed by atoms with Crippen LogP contribution in [-0.2, 0) is 5.88 Å². The van der Waals surface area contributed by atoms with Gasteiger partial charge in [0.1, 0.15) is 0 Å². The Bertz CT molecular complexity index is 450. The van der Waals surface area contributed by atoms with Gasteiger partial charge in [0.15, 0.2) is 0 Å². The summed E-state index contributed by atoms with van der Waals surface area (Å²) in [6, 6.07) is 2.02. The van der Waals surface area contributed by atoms with Gasteiger partial charge in [-0.25, -0.2) is 9.97 Å². The molecule has 0 saturated carbocycles. The normalized spacial score (nSPS) is 10.2. The zero-order valence-corrected chi connectivity index (χ0v) is 9.56. The van der Waals surface area contributed by atoms with Crippen LogP contribution < -0.4 is 0 Å². The van der Waals surface area contributed by atoms with Gasteiger partial charge >= 0.3 is 0 Å². The molecule has 76 valence electrons. The summed E-state index contributed by atoms with van der Waals surface area (Å²) in [4.78, 5) is 8.57. The fourth-order valence-corrected chi connectivity index (χ4v) is 1.51. The van der Waals surface area contributed by atoms with E-state index in [2.05, 4.69) is 9.97 Å². The molecule has 0 aliphatic carbocycles. The minimum Gasteiger partial charge on any atom is -0.288 e. The Hall–Kier alpha value is -0.800. The summed E-state index contributed by atoms with van der Waals surface area (Å²) in [7, 11) is 0. The highest BCUT2D eigenvalue weighted by Crippen LogP contribution is 2.09. The van der Waals surface area contributed by atoms with E-state index in [1.807, 2.05) is 30.5 Å². The molecule has 2 aromatic heterocycles. The lowest BCUT2D eigenvalue weighted by molar-refractivity contribution is 1.01. The monoisotopic (exact) mass is 231 g/mol. The van der Waals surface area contributed by atoms with Crippen LogP contribution in [0.15, 0.2) is 12.3 Å². The van der Waals surface area contributed by atoms with Crippen molar-refractivity contribution in [3.8, 4) is 0 Å². The van der Waals surface area contributed by atoms with Gasteiger partial charge in [-0.3, -0.25) is 4.40 Å². The Morgan fingerprint density at radius 3 is 2.71 bits per heavy atom. The number of aryl methyl sites for hydroxylation is 2. The van der Waals surface area contributed by atoms with Gasteiger partial charge < -0.3 is 0 Å². The second-order valence-corrected chi connectivity index (χ2v) is 3.34. The van der Waals surface area contributed by atoms with Gasteiger partial charge in [0.05, 0.1) is 11.6 Å². The van der Waals surface area contributed by atoms with Crippen molar-refractivity contribution in [1.82, 2.24) is 14.4 Å². The molecule has 0 atom stereocenters. The molecule has 0 aromatic carbocycles. The average molecular weight is 232 g/mol. The van der Waals surface area contributed by atoms with Gasteiger partial charge in [-0.05, 0) is 19.9 Å². The second kappa shape index (κ2) is 4.15. The first-order valence-electron chi connectivity index (χ1n) is 4.09. The zero-order chi connectivity index (χ0) is 9.42. The van der Waals surface area contributed by atoms with Crippen LogP contribution in [0.2, 0.25) is 0 Å². The topological polar surface area (TPSA) is 30.2 Å². The molecule has 0 N–H and O–H groups in total. The van der Waals surface area contributed by atoms with E-state index in [-0.39, 0.29) is 12.4 Å². The van der Waals surface area contributed by atoms with Crippen LogP contribution >= 0.6 is 24.0 Å². The Morgan fingerprint density at radius 1 is 1.36 bits per heavy atom. The van der Waals surface area contributed by atoms with Crippen molar-refractivity contribution in [3.05, 3.63) is 29.3 Å². The number of fused-ring (bicyclic) bond motifs is 1. The number of imidazole rings is 1. The molecular weight excluding hydrogens is 221 g/mol. The summed E-state index contributed by atoms with van der Waals surface area (Å²) in [6.07, 6.45) is 1.92. The molecule has 2 aromatic rings. The molecule has 5 heteroatoms. The summed E-state index contributed by atoms with van der Waals surface area (Å²) in [5.41, 5.74) is 2.98. The fourth-order valence-electron chi connectivity index (χ4n) is 1.38. The SMILES string of the molecule is Cc1cc(C)n2cc(CCl)nc2n1.Cl. The van der Waals surface area contributed by atoms with E-state index in [4.69, 9.17) is 11.6 Å². The largest absolute Gasteiger partial charge is 0.288 e. The van der Waals surface area contributed by atoms with E-state index in [1.165, 1.54) is 0 Å². The summed E-state index contributed by atoms with van der Waals surface area (Å²) >= 11 is 5.69. The van der Waals surface area contributed by atoms with Crippen LogP contribution in [0.1, 0.15) is 17.1 Å². The number of hydrogen-bond donors (Lipinski definition) is 0. The van der Waals surface area contributed by atoms with Crippen molar-refractivity contribution < 1.29 is 0 Å². The predicted molar refractivity (Wildman–Crippen MR) is 59.3 cm³/mol. The first-order chi connectivity index (χ1) is 6.20. The van der Waals surface area contributed by atoms with E-state index in [1.54, 1.807) is 0 Å². The molecule has 2 rings (SSSR count). The average Bonchev–Trinajstić information content (AvgIpc) is 2.47. The maximum atomic E-state index is 5.69. The zero-order valence-electron chi connectivity index (χ0n) is 7.99.